The fourth-order valence-corrected chi connectivity index (χ4v) is 2.15. The maximum absolute atomic E-state index is 10.7. The molecule has 0 aromatic heterocycles. The minimum atomic E-state index is -3.36. The van der Waals surface area contributed by atoms with Crippen LogP contribution in [0.5, 0.6) is 0 Å². The lowest BCUT2D eigenvalue weighted by atomic mass is 10.2. The molecule has 0 spiro atoms. The summed E-state index contributed by atoms with van der Waals surface area (Å²) < 4.78 is 21.3. The van der Waals surface area contributed by atoms with Crippen molar-refractivity contribution < 1.29 is 8.42 Å². The number of sulfonamides is 1. The molecular weight excluding hydrogens is 283 g/mol. The van der Waals surface area contributed by atoms with Gasteiger partial charge in [-0.3, -0.25) is 0 Å². The first-order valence-electron chi connectivity index (χ1n) is 5.03. The lowest BCUT2D eigenvalue weighted by molar-refractivity contribution is 0.590. The maximum atomic E-state index is 10.7. The van der Waals surface area contributed by atoms with E-state index in [1.165, 1.54) is 0 Å². The molecule has 0 heterocycles. The van der Waals surface area contributed by atoms with Crippen LogP contribution in [0.3, 0.4) is 0 Å². The van der Waals surface area contributed by atoms with Gasteiger partial charge in [-0.1, -0.05) is 29.3 Å². The topological polar surface area (TPSA) is 72.2 Å². The molecule has 0 aliphatic carbocycles. The second-order valence-corrected chi connectivity index (χ2v) is 6.19. The zero-order valence-electron chi connectivity index (χ0n) is 9.12. The number of halogens is 2. The summed E-state index contributed by atoms with van der Waals surface area (Å²) in [5.74, 6) is -0.0125. The molecule has 1 aromatic rings. The third kappa shape index (κ3) is 6.24. The lowest BCUT2D eigenvalue weighted by Gasteiger charge is -2.05. The third-order valence-corrected chi connectivity index (χ3v) is 3.69. The second kappa shape index (κ2) is 6.56. The van der Waals surface area contributed by atoms with E-state index in [-0.39, 0.29) is 5.75 Å². The molecule has 17 heavy (non-hydrogen) atoms. The molecule has 0 aliphatic heterocycles. The summed E-state index contributed by atoms with van der Waals surface area (Å²) in [6.45, 7) is 1.19. The molecule has 0 saturated carbocycles. The fraction of sp³-hybridized carbons (Fsp3) is 0.400. The van der Waals surface area contributed by atoms with Crippen LogP contribution in [0, 0.1) is 0 Å². The van der Waals surface area contributed by atoms with E-state index in [0.717, 1.165) is 5.56 Å². The van der Waals surface area contributed by atoms with Crippen LogP contribution in [-0.4, -0.2) is 20.7 Å². The summed E-state index contributed by atoms with van der Waals surface area (Å²) in [6, 6.07) is 5.36. The minimum Gasteiger partial charge on any atom is -0.313 e. The van der Waals surface area contributed by atoms with Gasteiger partial charge in [-0.05, 0) is 30.7 Å². The summed E-state index contributed by atoms with van der Waals surface area (Å²) in [7, 11) is -3.36. The van der Waals surface area contributed by atoms with Crippen LogP contribution in [0.25, 0.3) is 0 Å². The normalized spacial score (nSPS) is 11.7. The summed E-state index contributed by atoms with van der Waals surface area (Å²) in [5, 5.41) is 9.00. The van der Waals surface area contributed by atoms with Crippen molar-refractivity contribution in [2.75, 3.05) is 12.3 Å². The van der Waals surface area contributed by atoms with Crippen LogP contribution >= 0.6 is 23.2 Å². The highest BCUT2D eigenvalue weighted by Gasteiger charge is 2.02. The van der Waals surface area contributed by atoms with Crippen LogP contribution in [0.4, 0.5) is 0 Å². The number of rotatable bonds is 6. The zero-order valence-corrected chi connectivity index (χ0v) is 11.4. The highest BCUT2D eigenvalue weighted by molar-refractivity contribution is 7.89. The van der Waals surface area contributed by atoms with Gasteiger partial charge in [-0.15, -0.1) is 0 Å². The van der Waals surface area contributed by atoms with Gasteiger partial charge in [0, 0.05) is 6.54 Å². The van der Waals surface area contributed by atoms with Gasteiger partial charge in [0.2, 0.25) is 10.0 Å². The van der Waals surface area contributed by atoms with Crippen LogP contribution in [-0.2, 0) is 16.6 Å². The van der Waals surface area contributed by atoms with Crippen molar-refractivity contribution in [3.63, 3.8) is 0 Å². The van der Waals surface area contributed by atoms with Gasteiger partial charge in [0.1, 0.15) is 0 Å². The quantitative estimate of drug-likeness (QED) is 0.786. The van der Waals surface area contributed by atoms with E-state index in [9.17, 15) is 8.42 Å². The first kappa shape index (κ1) is 14.7. The van der Waals surface area contributed by atoms with Gasteiger partial charge < -0.3 is 5.32 Å². The van der Waals surface area contributed by atoms with E-state index in [1.807, 2.05) is 6.07 Å². The molecule has 0 unspecified atom stereocenters. The molecule has 0 aliphatic rings. The first-order chi connectivity index (χ1) is 7.88. The monoisotopic (exact) mass is 296 g/mol. The minimum absolute atomic E-state index is 0.0125. The Kier molecular flexibility index (Phi) is 5.69. The number of nitrogens with one attached hydrogen (secondary N) is 1. The number of benzene rings is 1. The SMILES string of the molecule is NS(=O)(=O)CCCNCc1ccc(Cl)c(Cl)c1. The Hall–Kier alpha value is -0.330. The molecule has 7 heteroatoms. The second-order valence-electron chi connectivity index (χ2n) is 3.65. The smallest absolute Gasteiger partial charge is 0.209 e. The summed E-state index contributed by atoms with van der Waals surface area (Å²) >= 11 is 11.6. The van der Waals surface area contributed by atoms with Crippen molar-refractivity contribution in [2.45, 2.75) is 13.0 Å². The van der Waals surface area contributed by atoms with E-state index in [1.54, 1.807) is 12.1 Å². The molecule has 1 rings (SSSR count). The Bertz CT molecular complexity index is 477. The molecular formula is C10H14Cl2N2O2S. The molecule has 1 aromatic carbocycles. The molecule has 3 N–H and O–H groups in total. The average molecular weight is 297 g/mol. The van der Waals surface area contributed by atoms with Gasteiger partial charge in [0.05, 0.1) is 15.8 Å². The van der Waals surface area contributed by atoms with E-state index >= 15 is 0 Å². The van der Waals surface area contributed by atoms with Gasteiger partial charge in [0.25, 0.3) is 0 Å². The number of nitrogens with two attached hydrogens (primary N) is 1. The Morgan fingerprint density at radius 2 is 1.94 bits per heavy atom. The van der Waals surface area contributed by atoms with E-state index in [2.05, 4.69) is 5.32 Å². The Morgan fingerprint density at radius 1 is 1.24 bits per heavy atom. The van der Waals surface area contributed by atoms with Crippen molar-refractivity contribution in [2.24, 2.45) is 5.14 Å². The van der Waals surface area contributed by atoms with E-state index < -0.39 is 10.0 Å². The average Bonchev–Trinajstić information content (AvgIpc) is 2.21. The van der Waals surface area contributed by atoms with Gasteiger partial charge in [-0.2, -0.15) is 0 Å². The van der Waals surface area contributed by atoms with Gasteiger partial charge >= 0.3 is 0 Å². The van der Waals surface area contributed by atoms with E-state index in [0.29, 0.717) is 29.6 Å². The van der Waals surface area contributed by atoms with Gasteiger partial charge in [0.15, 0.2) is 0 Å². The highest BCUT2D eigenvalue weighted by Crippen LogP contribution is 2.22. The van der Waals surface area contributed by atoms with Crippen molar-refractivity contribution in [1.29, 1.82) is 0 Å². The third-order valence-electron chi connectivity index (χ3n) is 2.10. The van der Waals surface area contributed by atoms with Gasteiger partial charge in [-0.25, -0.2) is 13.6 Å². The molecule has 0 radical (unpaired) electrons. The molecule has 0 atom stereocenters. The van der Waals surface area contributed by atoms with E-state index in [4.69, 9.17) is 28.3 Å². The van der Waals surface area contributed by atoms with Crippen molar-refractivity contribution in [3.05, 3.63) is 33.8 Å². The van der Waals surface area contributed by atoms with Crippen molar-refractivity contribution in [3.8, 4) is 0 Å². The maximum Gasteiger partial charge on any atom is 0.209 e. The number of primary sulfonamides is 1. The van der Waals surface area contributed by atoms with Crippen LogP contribution in [0.2, 0.25) is 10.0 Å². The predicted molar refractivity (Wildman–Crippen MR) is 70.8 cm³/mol. The van der Waals surface area contributed by atoms with Crippen molar-refractivity contribution in [1.82, 2.24) is 5.32 Å². The molecule has 96 valence electrons. The highest BCUT2D eigenvalue weighted by atomic mass is 35.5. The molecule has 4 nitrogen and oxygen atoms in total. The van der Waals surface area contributed by atoms with Crippen LogP contribution < -0.4 is 10.5 Å². The number of hydrogen-bond acceptors (Lipinski definition) is 3. The molecule has 0 saturated heterocycles. The Morgan fingerprint density at radius 3 is 2.53 bits per heavy atom. The zero-order chi connectivity index (χ0) is 12.9. The molecule has 0 fully saturated rings. The lowest BCUT2D eigenvalue weighted by Crippen LogP contribution is -2.22. The summed E-state index contributed by atoms with van der Waals surface area (Å²) in [4.78, 5) is 0. The summed E-state index contributed by atoms with van der Waals surface area (Å²) in [5.41, 5.74) is 0.995. The summed E-state index contributed by atoms with van der Waals surface area (Å²) in [6.07, 6.45) is 0.486. The molecule has 0 amide bonds. The van der Waals surface area contributed by atoms with Crippen LogP contribution in [0.15, 0.2) is 18.2 Å². The fourth-order valence-electron chi connectivity index (χ4n) is 1.28. The standard InChI is InChI=1S/C10H14Cl2N2O2S/c11-9-3-2-8(6-10(9)12)7-14-4-1-5-17(13,15)16/h2-3,6,14H,1,4-5,7H2,(H2,13,15,16). The first-order valence-corrected chi connectivity index (χ1v) is 7.51. The Balaban J connectivity index is 2.29. The van der Waals surface area contributed by atoms with Crippen molar-refractivity contribution >= 4 is 33.2 Å². The predicted octanol–water partition coefficient (Wildman–Crippen LogP) is 1.76. The largest absolute Gasteiger partial charge is 0.313 e. The number of hydrogen-bond donors (Lipinski definition) is 2. The van der Waals surface area contributed by atoms with Crippen LogP contribution in [0.1, 0.15) is 12.0 Å². The molecule has 0 bridgehead atoms. The Labute approximate surface area is 111 Å².